The Morgan fingerprint density at radius 2 is 1.73 bits per heavy atom. The van der Waals surface area contributed by atoms with Crippen molar-refractivity contribution in [1.29, 1.82) is 0 Å². The number of nitrogens with one attached hydrogen (secondary N) is 1. The Labute approximate surface area is 220 Å². The molecule has 0 radical (unpaired) electrons. The lowest BCUT2D eigenvalue weighted by atomic mass is 9.94. The molecule has 1 heterocycles. The summed E-state index contributed by atoms with van der Waals surface area (Å²) < 4.78 is 6.51. The summed E-state index contributed by atoms with van der Waals surface area (Å²) in [7, 11) is 1.81. The second-order valence-electron chi connectivity index (χ2n) is 10.7. The highest BCUT2D eigenvalue weighted by atomic mass is 16.5. The maximum Gasteiger partial charge on any atom is 0.317 e. The molecule has 0 aromatic heterocycles. The minimum atomic E-state index is -0.355. The second-order valence-corrected chi connectivity index (χ2v) is 10.7. The number of carbonyl (C=O) groups is 2. The predicted octanol–water partition coefficient (Wildman–Crippen LogP) is 4.69. The van der Waals surface area contributed by atoms with Crippen LogP contribution < -0.4 is 5.32 Å². The number of amides is 3. The van der Waals surface area contributed by atoms with E-state index in [4.69, 9.17) is 4.74 Å². The zero-order valence-electron chi connectivity index (χ0n) is 22.4. The summed E-state index contributed by atoms with van der Waals surface area (Å²) in [5.41, 5.74) is 3.43. The van der Waals surface area contributed by atoms with Crippen molar-refractivity contribution in [3.8, 4) is 11.1 Å². The van der Waals surface area contributed by atoms with E-state index in [1.54, 1.807) is 9.80 Å². The summed E-state index contributed by atoms with van der Waals surface area (Å²) in [6.45, 7) is 4.98. The van der Waals surface area contributed by atoms with E-state index >= 15 is 0 Å². The van der Waals surface area contributed by atoms with E-state index in [0.717, 1.165) is 42.4 Å². The highest BCUT2D eigenvalue weighted by Crippen LogP contribution is 2.31. The molecule has 2 aromatic carbocycles. The summed E-state index contributed by atoms with van der Waals surface area (Å²) in [4.78, 5) is 30.3. The number of aliphatic hydroxyl groups is 1. The maximum absolute atomic E-state index is 13.9. The molecule has 3 amide bonds. The smallest absolute Gasteiger partial charge is 0.317 e. The third kappa shape index (κ3) is 6.51. The number of hydrogen-bond donors (Lipinski definition) is 2. The van der Waals surface area contributed by atoms with Crippen LogP contribution in [0.25, 0.3) is 11.1 Å². The lowest BCUT2D eigenvalue weighted by Gasteiger charge is -2.35. The fourth-order valence-electron chi connectivity index (χ4n) is 5.44. The van der Waals surface area contributed by atoms with E-state index in [9.17, 15) is 14.7 Å². The van der Waals surface area contributed by atoms with Crippen LogP contribution in [0, 0.1) is 5.92 Å². The number of rotatable bonds is 5. The first-order valence-electron chi connectivity index (χ1n) is 13.6. The van der Waals surface area contributed by atoms with Crippen LogP contribution in [0.5, 0.6) is 0 Å². The molecule has 7 nitrogen and oxygen atoms in total. The Morgan fingerprint density at radius 1 is 1.08 bits per heavy atom. The van der Waals surface area contributed by atoms with Gasteiger partial charge in [-0.1, -0.05) is 68.7 Å². The molecule has 0 saturated heterocycles. The van der Waals surface area contributed by atoms with Gasteiger partial charge < -0.3 is 25.0 Å². The molecule has 1 aliphatic heterocycles. The number of fused-ring (bicyclic) bond motifs is 3. The molecule has 0 bridgehead atoms. The zero-order valence-corrected chi connectivity index (χ0v) is 22.4. The van der Waals surface area contributed by atoms with Crippen LogP contribution >= 0.6 is 0 Å². The Morgan fingerprint density at radius 3 is 2.43 bits per heavy atom. The third-order valence-electron chi connectivity index (χ3n) is 7.83. The quantitative estimate of drug-likeness (QED) is 0.615. The summed E-state index contributed by atoms with van der Waals surface area (Å²) in [6, 6.07) is 15.4. The standard InChI is InChI=1S/C30H41N3O4/c1-21-17-33(22(2)19-34)29(35)27-16-10-9-15-26(27)25-14-8-7-11-23(25)20-37-28(21)18-32(3)30(36)31-24-12-5-4-6-13-24/h7-11,14-16,21-22,24,28,34H,4-6,12-13,17-20H2,1-3H3,(H,31,36)/t21-,22-,28-/m1/s1. The summed E-state index contributed by atoms with van der Waals surface area (Å²) >= 11 is 0. The normalized spacial score (nSPS) is 21.8. The monoisotopic (exact) mass is 507 g/mol. The molecule has 2 aromatic rings. The van der Waals surface area contributed by atoms with E-state index in [1.165, 1.54) is 6.42 Å². The summed E-state index contributed by atoms with van der Waals surface area (Å²) in [5, 5.41) is 13.2. The van der Waals surface area contributed by atoms with Gasteiger partial charge in [0, 0.05) is 37.7 Å². The third-order valence-corrected chi connectivity index (χ3v) is 7.83. The van der Waals surface area contributed by atoms with Gasteiger partial charge in [0.1, 0.15) is 0 Å². The lowest BCUT2D eigenvalue weighted by Crippen LogP contribution is -2.50. The van der Waals surface area contributed by atoms with Crippen molar-refractivity contribution < 1.29 is 19.4 Å². The second kappa shape index (κ2) is 12.6. The van der Waals surface area contributed by atoms with Crippen molar-refractivity contribution in [1.82, 2.24) is 15.1 Å². The summed E-state index contributed by atoms with van der Waals surface area (Å²) in [6.07, 6.45) is 5.32. The van der Waals surface area contributed by atoms with Crippen molar-refractivity contribution in [2.24, 2.45) is 5.92 Å². The lowest BCUT2D eigenvalue weighted by molar-refractivity contribution is -0.0185. The molecule has 0 spiro atoms. The molecule has 4 rings (SSSR count). The molecule has 7 heteroatoms. The Balaban J connectivity index is 1.62. The van der Waals surface area contributed by atoms with Gasteiger partial charge in [0.05, 0.1) is 25.4 Å². The van der Waals surface area contributed by atoms with E-state index in [-0.39, 0.29) is 42.7 Å². The molecule has 1 saturated carbocycles. The van der Waals surface area contributed by atoms with Crippen LogP contribution in [0.2, 0.25) is 0 Å². The van der Waals surface area contributed by atoms with Crippen molar-refractivity contribution in [2.75, 3.05) is 26.7 Å². The Bertz CT molecular complexity index is 1070. The van der Waals surface area contributed by atoms with E-state index in [0.29, 0.717) is 25.3 Å². The van der Waals surface area contributed by atoms with Crippen LogP contribution in [0.4, 0.5) is 4.79 Å². The molecule has 3 atom stereocenters. The number of carbonyl (C=O) groups excluding carboxylic acids is 2. The van der Waals surface area contributed by atoms with Gasteiger partial charge in [0.2, 0.25) is 0 Å². The maximum atomic E-state index is 13.9. The average molecular weight is 508 g/mol. The van der Waals surface area contributed by atoms with E-state index < -0.39 is 0 Å². The molecule has 0 unspecified atom stereocenters. The molecule has 2 N–H and O–H groups in total. The molecular formula is C30H41N3O4. The van der Waals surface area contributed by atoms with E-state index in [2.05, 4.69) is 12.2 Å². The first-order valence-corrected chi connectivity index (χ1v) is 13.6. The number of benzene rings is 2. The molecule has 37 heavy (non-hydrogen) atoms. The number of aliphatic hydroxyl groups excluding tert-OH is 1. The first-order chi connectivity index (χ1) is 17.9. The minimum Gasteiger partial charge on any atom is -0.394 e. The first kappa shape index (κ1) is 27.1. The largest absolute Gasteiger partial charge is 0.394 e. The fourth-order valence-corrected chi connectivity index (χ4v) is 5.44. The molecule has 1 aliphatic carbocycles. The Kier molecular flexibility index (Phi) is 9.22. The topological polar surface area (TPSA) is 82.1 Å². The Hall–Kier alpha value is -2.90. The SMILES string of the molecule is C[C@@H]1CN([C@H](C)CO)C(=O)c2ccccc2-c2ccccc2CO[C@@H]1CN(C)C(=O)NC1CCCCC1. The minimum absolute atomic E-state index is 0.0692. The van der Waals surface area contributed by atoms with Crippen molar-refractivity contribution >= 4 is 11.9 Å². The van der Waals surface area contributed by atoms with Gasteiger partial charge >= 0.3 is 6.03 Å². The fraction of sp³-hybridized carbons (Fsp3) is 0.533. The van der Waals surface area contributed by atoms with Gasteiger partial charge in [-0.3, -0.25) is 4.79 Å². The predicted molar refractivity (Wildman–Crippen MR) is 145 cm³/mol. The van der Waals surface area contributed by atoms with Crippen LogP contribution in [0.15, 0.2) is 48.5 Å². The number of hydrogen-bond acceptors (Lipinski definition) is 4. The molecular weight excluding hydrogens is 466 g/mol. The number of nitrogens with zero attached hydrogens (tertiary/aromatic N) is 2. The van der Waals surface area contributed by atoms with Crippen LogP contribution in [-0.2, 0) is 11.3 Å². The van der Waals surface area contributed by atoms with E-state index in [1.807, 2.05) is 62.5 Å². The van der Waals surface area contributed by atoms with Crippen molar-refractivity contribution in [3.05, 3.63) is 59.7 Å². The van der Waals surface area contributed by atoms with Crippen LogP contribution in [0.1, 0.15) is 61.9 Å². The van der Waals surface area contributed by atoms with Gasteiger partial charge in [-0.25, -0.2) is 4.79 Å². The average Bonchev–Trinajstić information content (AvgIpc) is 2.94. The van der Waals surface area contributed by atoms with Crippen molar-refractivity contribution in [3.63, 3.8) is 0 Å². The van der Waals surface area contributed by atoms with Crippen LogP contribution in [0.3, 0.4) is 0 Å². The number of ether oxygens (including phenoxy) is 1. The number of urea groups is 1. The van der Waals surface area contributed by atoms with Gasteiger partial charge in [-0.15, -0.1) is 0 Å². The molecule has 2 aliphatic rings. The number of likely N-dealkylation sites (N-methyl/N-ethyl adjacent to an activating group) is 1. The molecule has 1 fully saturated rings. The molecule has 200 valence electrons. The van der Waals surface area contributed by atoms with Crippen molar-refractivity contribution in [2.45, 2.75) is 70.7 Å². The highest BCUT2D eigenvalue weighted by molar-refractivity contribution is 6.01. The van der Waals surface area contributed by atoms with Gasteiger partial charge in [-0.05, 0) is 42.5 Å². The van der Waals surface area contributed by atoms with Gasteiger partial charge in [0.25, 0.3) is 5.91 Å². The van der Waals surface area contributed by atoms with Crippen LogP contribution in [-0.4, -0.2) is 71.8 Å². The van der Waals surface area contributed by atoms with Gasteiger partial charge in [0.15, 0.2) is 0 Å². The zero-order chi connectivity index (χ0) is 26.4. The highest BCUT2D eigenvalue weighted by Gasteiger charge is 2.31. The van der Waals surface area contributed by atoms with Gasteiger partial charge in [-0.2, -0.15) is 0 Å². The summed E-state index contributed by atoms with van der Waals surface area (Å²) in [5.74, 6) is -0.178.